The van der Waals surface area contributed by atoms with Crippen molar-refractivity contribution in [3.05, 3.63) is 76.8 Å². The van der Waals surface area contributed by atoms with Crippen LogP contribution in [-0.4, -0.2) is 204 Å². The van der Waals surface area contributed by atoms with Crippen molar-refractivity contribution in [2.45, 2.75) is 156 Å². The second-order valence-corrected chi connectivity index (χ2v) is 25.4. The molecule has 0 spiro atoms. The second-order valence-electron chi connectivity index (χ2n) is 25.4. The topological polar surface area (TPSA) is 269 Å². The highest BCUT2D eigenvalue weighted by Crippen LogP contribution is 2.43. The summed E-state index contributed by atoms with van der Waals surface area (Å²) in [6, 6.07) is 10.8. The Balaban J connectivity index is 0.898. The van der Waals surface area contributed by atoms with Crippen molar-refractivity contribution in [3.63, 3.8) is 0 Å². The zero-order valence-electron chi connectivity index (χ0n) is 57.3. The highest BCUT2D eigenvalue weighted by molar-refractivity contribution is 6.04. The van der Waals surface area contributed by atoms with Crippen molar-refractivity contribution in [3.8, 4) is 23.5 Å². The molecule has 510 valence electrons. The van der Waals surface area contributed by atoms with Crippen molar-refractivity contribution >= 4 is 41.2 Å². The van der Waals surface area contributed by atoms with Crippen molar-refractivity contribution in [1.29, 1.82) is 0 Å². The van der Waals surface area contributed by atoms with E-state index in [1.807, 2.05) is 90.4 Å². The number of likely N-dealkylation sites (tertiary alicyclic amines) is 1. The number of furan rings is 1. The molecule has 0 radical (unpaired) electrons. The smallest absolute Gasteiger partial charge is 0.291 e. The number of methoxy groups -OCH3 is 4. The summed E-state index contributed by atoms with van der Waals surface area (Å²) in [7, 11) is 9.59. The van der Waals surface area contributed by atoms with E-state index in [4.69, 9.17) is 42.3 Å². The number of ether oxygens (including phenoxy) is 8. The van der Waals surface area contributed by atoms with Crippen LogP contribution in [0.2, 0.25) is 0 Å². The summed E-state index contributed by atoms with van der Waals surface area (Å²) in [4.78, 5) is 88.7. The van der Waals surface area contributed by atoms with Crippen molar-refractivity contribution in [2.75, 3.05) is 119 Å². The highest BCUT2D eigenvalue weighted by Gasteiger charge is 2.43. The summed E-state index contributed by atoms with van der Waals surface area (Å²) in [6.07, 6.45) is 5.40. The summed E-state index contributed by atoms with van der Waals surface area (Å²) in [6.45, 7) is 23.8. The van der Waals surface area contributed by atoms with Crippen LogP contribution in [0.4, 0.5) is 11.6 Å². The number of amides is 5. The van der Waals surface area contributed by atoms with E-state index >= 15 is 0 Å². The lowest BCUT2D eigenvalue weighted by Gasteiger charge is -2.41. The third kappa shape index (κ3) is 20.0. The van der Waals surface area contributed by atoms with Crippen molar-refractivity contribution in [1.82, 2.24) is 40.3 Å². The van der Waals surface area contributed by atoms with Gasteiger partial charge in [0.1, 0.15) is 11.8 Å². The van der Waals surface area contributed by atoms with E-state index in [1.54, 1.807) is 38.4 Å². The fourth-order valence-electron chi connectivity index (χ4n) is 12.4. The van der Waals surface area contributed by atoms with Gasteiger partial charge in [0.15, 0.2) is 11.4 Å². The number of carbonyl (C=O) groups excluding carboxylic acids is 5. The number of nitrogens with zero attached hydrogens (tertiary/aromatic N) is 6. The summed E-state index contributed by atoms with van der Waals surface area (Å²) >= 11 is 0. The van der Waals surface area contributed by atoms with E-state index in [2.05, 4.69) is 62.2 Å². The predicted molar refractivity (Wildman–Crippen MR) is 350 cm³/mol. The fraction of sp³-hybridized carbons (Fsp3) is 0.647. The lowest BCUT2D eigenvalue weighted by atomic mass is 9.86. The third-order valence-electron chi connectivity index (χ3n) is 17.8. The minimum atomic E-state index is -0.857. The van der Waals surface area contributed by atoms with Gasteiger partial charge in [-0.2, -0.15) is 9.97 Å². The first kappa shape index (κ1) is 74.1. The standard InChI is InChI=1S/C68H104N10O14/c1-17-44(6)59(53(84-13)41-54(79)78-31-20-22-50(78)60(85-14)46(8)61(80)70-29-26-48-21-18-19-28-69-48)77(12)66(83)56(42(2)3)72-63(82)58(43(4)5)76(11)32-34-89-36-38-90-37-35-88-33-30-71-67-74-64(86-15)57(65(75-67)87-16)73-62(81)51-23-24-55(91-51)92-52-40-49-47(39-45(52)7)25-27-68(49,9)10/h18-19,21,23-24,28,39-40,42-44,46,50,53,56,58-60H,17,20,22,25-27,29-38,41H2,1-16H3,(H,70,80)(H,72,82)(H,73,81)(H,71,74,75)/t44-,46+,50-,53+,56-,58-,59-,60+/m0/s1. The molecule has 4 heterocycles. The van der Waals surface area contributed by atoms with Crippen LogP contribution in [0.25, 0.3) is 0 Å². The van der Waals surface area contributed by atoms with Crippen LogP contribution in [0.3, 0.4) is 0 Å². The van der Waals surface area contributed by atoms with Crippen LogP contribution in [0.1, 0.15) is 127 Å². The number of hydrogen-bond acceptors (Lipinski definition) is 19. The van der Waals surface area contributed by atoms with Gasteiger partial charge in [-0.3, -0.25) is 33.9 Å². The normalized spacial score (nSPS) is 16.7. The van der Waals surface area contributed by atoms with Crippen LogP contribution in [-0.2, 0) is 61.1 Å². The second kappa shape index (κ2) is 35.9. The van der Waals surface area contributed by atoms with Gasteiger partial charge in [-0.05, 0) is 104 Å². The van der Waals surface area contributed by atoms with Gasteiger partial charge in [-0.25, -0.2) is 0 Å². The lowest BCUT2D eigenvalue weighted by molar-refractivity contribution is -0.148. The molecule has 8 atom stereocenters. The van der Waals surface area contributed by atoms with E-state index in [0.29, 0.717) is 90.8 Å². The van der Waals surface area contributed by atoms with Crippen molar-refractivity contribution in [2.24, 2.45) is 23.7 Å². The quantitative estimate of drug-likeness (QED) is 0.0309. The molecule has 0 bridgehead atoms. The van der Waals surface area contributed by atoms with Crippen LogP contribution >= 0.6 is 0 Å². The van der Waals surface area contributed by atoms with E-state index < -0.39 is 42.2 Å². The molecule has 0 unspecified atom stereocenters. The Morgan fingerprint density at radius 1 is 0.826 bits per heavy atom. The molecule has 4 N–H and O–H groups in total. The molecule has 6 rings (SSSR count). The zero-order chi connectivity index (χ0) is 67.2. The minimum absolute atomic E-state index is 0.00638. The van der Waals surface area contributed by atoms with Gasteiger partial charge in [0.2, 0.25) is 41.3 Å². The van der Waals surface area contributed by atoms with E-state index in [9.17, 15) is 24.0 Å². The number of fused-ring (bicyclic) bond motifs is 1. The van der Waals surface area contributed by atoms with E-state index in [0.717, 1.165) is 30.5 Å². The number of pyridine rings is 1. The number of hydrogen-bond donors (Lipinski definition) is 4. The Morgan fingerprint density at radius 2 is 1.51 bits per heavy atom. The van der Waals surface area contributed by atoms with E-state index in [1.165, 1.54) is 31.4 Å². The molecule has 1 aliphatic heterocycles. The number of nitrogens with one attached hydrogen (secondary N) is 4. The molecular formula is C68H104N10O14. The Morgan fingerprint density at radius 3 is 2.13 bits per heavy atom. The molecule has 2 aliphatic rings. The molecule has 5 amide bonds. The van der Waals surface area contributed by atoms with Gasteiger partial charge >= 0.3 is 0 Å². The third-order valence-corrected chi connectivity index (χ3v) is 17.8. The number of carbonyl (C=O) groups is 5. The monoisotopic (exact) mass is 1280 g/mol. The number of aryl methyl sites for hydroxylation is 2. The Bertz CT molecular complexity index is 2970. The molecule has 1 aliphatic carbocycles. The van der Waals surface area contributed by atoms with Crippen LogP contribution in [0, 0.1) is 30.6 Å². The SMILES string of the molecule is CC[C@H](C)[C@@H]([C@@H](CC(=O)N1CCC[C@H]1[C@H](OC)[C@@H](C)C(=O)NCCc1ccccn1)OC)N(C)C(=O)[C@@H](NC(=O)[C@H](C(C)C)N(C)CCOCCOCCOCCNc1nc(OC)c(NC(=O)c2ccc(Oc3cc4c(cc3C)CCC4(C)C)o2)c(OC)n1)C(C)C. The first-order chi connectivity index (χ1) is 44.0. The highest BCUT2D eigenvalue weighted by atomic mass is 16.6. The van der Waals surface area contributed by atoms with Gasteiger partial charge in [0.05, 0.1) is 96.5 Å². The average Bonchev–Trinajstić information content (AvgIpc) is 2.46. The molecule has 4 aromatic rings. The molecule has 92 heavy (non-hydrogen) atoms. The minimum Gasteiger partial charge on any atom is -0.479 e. The maximum absolute atomic E-state index is 14.7. The fourth-order valence-corrected chi connectivity index (χ4v) is 12.4. The van der Waals surface area contributed by atoms with Crippen molar-refractivity contribution < 1.29 is 66.3 Å². The first-order valence-electron chi connectivity index (χ1n) is 32.5. The lowest BCUT2D eigenvalue weighted by Crippen LogP contribution is -2.60. The van der Waals surface area contributed by atoms with Gasteiger partial charge in [0, 0.05) is 71.8 Å². The average molecular weight is 1290 g/mol. The molecule has 1 fully saturated rings. The Hall–Kier alpha value is -6.96. The molecule has 24 heteroatoms. The number of likely N-dealkylation sites (N-methyl/N-ethyl adjacent to an activating group) is 2. The van der Waals surface area contributed by atoms with Crippen LogP contribution in [0.5, 0.6) is 23.5 Å². The number of aromatic nitrogens is 3. The predicted octanol–water partition coefficient (Wildman–Crippen LogP) is 7.90. The largest absolute Gasteiger partial charge is 0.479 e. The number of benzene rings is 1. The maximum atomic E-state index is 14.7. The molecule has 1 saturated heterocycles. The van der Waals surface area contributed by atoms with E-state index in [-0.39, 0.29) is 94.4 Å². The maximum Gasteiger partial charge on any atom is 0.291 e. The Kier molecular flexibility index (Phi) is 28.9. The first-order valence-corrected chi connectivity index (χ1v) is 32.5. The van der Waals surface area contributed by atoms with Crippen LogP contribution < -0.4 is 35.5 Å². The summed E-state index contributed by atoms with van der Waals surface area (Å²) < 4.78 is 52.4. The van der Waals surface area contributed by atoms with Gasteiger partial charge in [0.25, 0.3) is 11.9 Å². The summed E-state index contributed by atoms with van der Waals surface area (Å²) in [5.41, 5.74) is 4.62. The zero-order valence-corrected chi connectivity index (χ0v) is 57.3. The molecular weight excluding hydrogens is 1180 g/mol. The molecule has 1 aromatic carbocycles. The summed E-state index contributed by atoms with van der Waals surface area (Å²) in [5.74, 6) is -1.17. The van der Waals surface area contributed by atoms with Gasteiger partial charge in [-0.1, -0.05) is 80.9 Å². The van der Waals surface area contributed by atoms with Gasteiger partial charge < -0.3 is 73.4 Å². The van der Waals surface area contributed by atoms with Crippen LogP contribution in [0.15, 0.2) is 53.1 Å². The van der Waals surface area contributed by atoms with Gasteiger partial charge in [-0.15, -0.1) is 0 Å². The number of rotatable bonds is 39. The summed E-state index contributed by atoms with van der Waals surface area (Å²) in [5, 5.41) is 12.0. The molecule has 0 saturated carbocycles. The Labute approximate surface area is 544 Å². The number of anilines is 2. The molecule has 24 nitrogen and oxygen atoms in total. The molecule has 3 aromatic heterocycles.